The summed E-state index contributed by atoms with van der Waals surface area (Å²) in [6, 6.07) is 19.2. The van der Waals surface area contributed by atoms with E-state index in [1.165, 1.54) is 5.56 Å². The Morgan fingerprint density at radius 3 is 2.42 bits per heavy atom. The fourth-order valence-corrected chi connectivity index (χ4v) is 6.40. The zero-order chi connectivity index (χ0) is 26.5. The zero-order valence-corrected chi connectivity index (χ0v) is 23.0. The largest absolute Gasteiger partial charge is 0.383 e. The molecule has 0 spiro atoms. The second-order valence-corrected chi connectivity index (χ2v) is 10.9. The van der Waals surface area contributed by atoms with E-state index < -0.39 is 12.0 Å². The molecule has 3 heterocycles. The number of amides is 2. The summed E-state index contributed by atoms with van der Waals surface area (Å²) in [5.41, 5.74) is 3.35. The second kappa shape index (κ2) is 12.2. The van der Waals surface area contributed by atoms with Crippen LogP contribution in [0.1, 0.15) is 45.2 Å². The molecule has 2 aromatic carbocycles. The minimum Gasteiger partial charge on any atom is -0.383 e. The lowest BCUT2D eigenvalue weighted by Crippen LogP contribution is -2.47. The molecule has 3 aromatic rings. The maximum absolute atomic E-state index is 13.9. The lowest BCUT2D eigenvalue weighted by atomic mass is 9.81. The highest BCUT2D eigenvalue weighted by Crippen LogP contribution is 2.44. The number of benzene rings is 2. The van der Waals surface area contributed by atoms with E-state index in [1.54, 1.807) is 23.3 Å². The Labute approximate surface area is 229 Å². The molecule has 1 fully saturated rings. The van der Waals surface area contributed by atoms with E-state index >= 15 is 0 Å². The molecule has 2 aliphatic heterocycles. The number of hydrogen-bond donors (Lipinski definition) is 1. The van der Waals surface area contributed by atoms with Crippen molar-refractivity contribution >= 4 is 28.8 Å². The van der Waals surface area contributed by atoms with E-state index in [-0.39, 0.29) is 11.8 Å². The third kappa shape index (κ3) is 5.68. The topological polar surface area (TPSA) is 65.1 Å². The summed E-state index contributed by atoms with van der Waals surface area (Å²) in [5, 5.41) is 5.15. The van der Waals surface area contributed by atoms with Crippen molar-refractivity contribution in [3.63, 3.8) is 0 Å². The number of nitrogens with zero attached hydrogens (tertiary/aromatic N) is 3. The summed E-state index contributed by atoms with van der Waals surface area (Å²) in [6.07, 6.45) is 0. The van der Waals surface area contributed by atoms with Crippen molar-refractivity contribution < 1.29 is 14.3 Å². The Morgan fingerprint density at radius 2 is 1.74 bits per heavy atom. The SMILES string of the molecule is CCN1CCN(Cc2ccc(NC(=O)[C@H]3c4ccccc4C(=O)N(CCOC)[C@H]3c3cccs3)cc2)CC1. The van der Waals surface area contributed by atoms with Crippen molar-refractivity contribution in [2.75, 3.05) is 58.3 Å². The van der Waals surface area contributed by atoms with Crippen molar-refractivity contribution in [1.29, 1.82) is 0 Å². The first-order valence-electron chi connectivity index (χ1n) is 13.4. The number of likely N-dealkylation sites (N-methyl/N-ethyl adjacent to an activating group) is 1. The summed E-state index contributed by atoms with van der Waals surface area (Å²) in [4.78, 5) is 35.2. The molecule has 0 saturated carbocycles. The molecule has 2 aliphatic rings. The molecule has 8 heteroatoms. The standard InChI is InChI=1S/C30H36N4O3S/c1-3-32-14-16-33(17-15-32)21-22-10-12-23(13-11-22)31-29(35)27-24-7-4-5-8-25(24)30(36)34(18-19-37-2)28(27)26-9-6-20-38-26/h4-13,20,27-28H,3,14-19,21H2,1-2H3,(H,31,35)/t27-,28-/m0/s1. The van der Waals surface area contributed by atoms with Gasteiger partial charge in [-0.3, -0.25) is 14.5 Å². The number of ether oxygens (including phenoxy) is 1. The first kappa shape index (κ1) is 26.6. The third-order valence-electron chi connectivity index (χ3n) is 7.63. The van der Waals surface area contributed by atoms with Crippen LogP contribution in [0.3, 0.4) is 0 Å². The van der Waals surface area contributed by atoms with E-state index in [1.807, 2.05) is 53.9 Å². The van der Waals surface area contributed by atoms with Crippen LogP contribution in [-0.2, 0) is 16.1 Å². The van der Waals surface area contributed by atoms with E-state index in [0.29, 0.717) is 18.7 Å². The Hall–Kier alpha value is -3.04. The highest BCUT2D eigenvalue weighted by molar-refractivity contribution is 7.10. The normalized spacial score (nSPS) is 20.4. The van der Waals surface area contributed by atoms with Gasteiger partial charge in [0.05, 0.1) is 18.6 Å². The maximum atomic E-state index is 13.9. The summed E-state index contributed by atoms with van der Waals surface area (Å²) in [6.45, 7) is 9.44. The van der Waals surface area contributed by atoms with Gasteiger partial charge in [0, 0.05) is 62.5 Å². The van der Waals surface area contributed by atoms with Crippen LogP contribution >= 0.6 is 11.3 Å². The van der Waals surface area contributed by atoms with Gasteiger partial charge in [0.2, 0.25) is 5.91 Å². The third-order valence-corrected chi connectivity index (χ3v) is 8.57. The van der Waals surface area contributed by atoms with Crippen molar-refractivity contribution in [3.05, 3.63) is 87.6 Å². The number of fused-ring (bicyclic) bond motifs is 1. The average Bonchev–Trinajstić information content (AvgIpc) is 3.48. The van der Waals surface area contributed by atoms with Crippen LogP contribution in [0.25, 0.3) is 0 Å². The molecule has 200 valence electrons. The van der Waals surface area contributed by atoms with E-state index in [0.717, 1.165) is 55.4 Å². The summed E-state index contributed by atoms with van der Waals surface area (Å²) in [5.74, 6) is -0.715. The van der Waals surface area contributed by atoms with Crippen molar-refractivity contribution in [3.8, 4) is 0 Å². The molecule has 7 nitrogen and oxygen atoms in total. The molecule has 2 atom stereocenters. The molecule has 0 bridgehead atoms. The lowest BCUT2D eigenvalue weighted by molar-refractivity contribution is -0.119. The quantitative estimate of drug-likeness (QED) is 0.441. The number of carbonyl (C=O) groups excluding carboxylic acids is 2. The van der Waals surface area contributed by atoms with Crippen molar-refractivity contribution in [1.82, 2.24) is 14.7 Å². The van der Waals surface area contributed by atoms with Gasteiger partial charge in [-0.1, -0.05) is 43.3 Å². The first-order chi connectivity index (χ1) is 18.6. The van der Waals surface area contributed by atoms with Crippen molar-refractivity contribution in [2.45, 2.75) is 25.4 Å². The molecular weight excluding hydrogens is 496 g/mol. The molecule has 1 aromatic heterocycles. The second-order valence-electron chi connectivity index (χ2n) is 9.91. The number of piperazine rings is 1. The summed E-state index contributed by atoms with van der Waals surface area (Å²) < 4.78 is 5.32. The molecule has 1 N–H and O–H groups in total. The van der Waals surface area contributed by atoms with Gasteiger partial charge >= 0.3 is 0 Å². The Bertz CT molecular complexity index is 1220. The van der Waals surface area contributed by atoms with Gasteiger partial charge < -0.3 is 19.9 Å². The van der Waals surface area contributed by atoms with Crippen LogP contribution in [0, 0.1) is 0 Å². The summed E-state index contributed by atoms with van der Waals surface area (Å²) >= 11 is 1.57. The Morgan fingerprint density at radius 1 is 1.00 bits per heavy atom. The van der Waals surface area contributed by atoms with Crippen molar-refractivity contribution in [2.24, 2.45) is 0 Å². The van der Waals surface area contributed by atoms with E-state index in [2.05, 4.69) is 34.2 Å². The summed E-state index contributed by atoms with van der Waals surface area (Å²) in [7, 11) is 1.63. The number of thiophene rings is 1. The molecule has 0 radical (unpaired) electrons. The molecule has 5 rings (SSSR count). The smallest absolute Gasteiger partial charge is 0.254 e. The van der Waals surface area contributed by atoms with Crippen LogP contribution in [0.5, 0.6) is 0 Å². The number of nitrogens with one attached hydrogen (secondary N) is 1. The van der Waals surface area contributed by atoms with Gasteiger partial charge in [0.15, 0.2) is 0 Å². The van der Waals surface area contributed by atoms with E-state index in [4.69, 9.17) is 4.74 Å². The predicted octanol–water partition coefficient (Wildman–Crippen LogP) is 4.45. The number of carbonyl (C=O) groups is 2. The van der Waals surface area contributed by atoms with Gasteiger partial charge in [0.1, 0.15) is 0 Å². The highest BCUT2D eigenvalue weighted by Gasteiger charge is 2.44. The van der Waals surface area contributed by atoms with Gasteiger partial charge in [-0.2, -0.15) is 0 Å². The number of anilines is 1. The van der Waals surface area contributed by atoms with Crippen LogP contribution in [0.2, 0.25) is 0 Å². The monoisotopic (exact) mass is 532 g/mol. The van der Waals surface area contributed by atoms with Gasteiger partial charge in [-0.05, 0) is 47.3 Å². The average molecular weight is 533 g/mol. The number of rotatable bonds is 9. The molecule has 0 unspecified atom stereocenters. The maximum Gasteiger partial charge on any atom is 0.254 e. The zero-order valence-electron chi connectivity index (χ0n) is 22.1. The fraction of sp³-hybridized carbons (Fsp3) is 0.400. The minimum absolute atomic E-state index is 0.0655. The predicted molar refractivity (Wildman–Crippen MR) is 152 cm³/mol. The number of hydrogen-bond acceptors (Lipinski definition) is 6. The highest BCUT2D eigenvalue weighted by atomic mass is 32.1. The first-order valence-corrected chi connectivity index (χ1v) is 14.2. The minimum atomic E-state index is -0.533. The van der Waals surface area contributed by atoms with E-state index in [9.17, 15) is 9.59 Å². The van der Waals surface area contributed by atoms with Crippen LogP contribution < -0.4 is 5.32 Å². The Balaban J connectivity index is 1.36. The fourth-order valence-electron chi connectivity index (χ4n) is 5.52. The molecule has 0 aliphatic carbocycles. The van der Waals surface area contributed by atoms with Gasteiger partial charge in [-0.25, -0.2) is 0 Å². The van der Waals surface area contributed by atoms with Gasteiger partial charge in [-0.15, -0.1) is 11.3 Å². The van der Waals surface area contributed by atoms with Crippen LogP contribution in [0.4, 0.5) is 5.69 Å². The molecular formula is C30H36N4O3S. The lowest BCUT2D eigenvalue weighted by Gasteiger charge is -2.41. The van der Waals surface area contributed by atoms with Crippen LogP contribution in [0.15, 0.2) is 66.0 Å². The van der Waals surface area contributed by atoms with Gasteiger partial charge in [0.25, 0.3) is 5.91 Å². The molecule has 2 amide bonds. The molecule has 38 heavy (non-hydrogen) atoms. The Kier molecular flexibility index (Phi) is 8.54. The number of methoxy groups -OCH3 is 1. The van der Waals surface area contributed by atoms with Crippen LogP contribution in [-0.4, -0.2) is 79.5 Å². The molecule has 1 saturated heterocycles.